The Morgan fingerprint density at radius 1 is 0.580 bits per heavy atom. The van der Waals surface area contributed by atoms with Crippen molar-refractivity contribution in [2.45, 2.75) is 133 Å². The summed E-state index contributed by atoms with van der Waals surface area (Å²) in [5, 5.41) is 3.07. The number of nitrogens with one attached hydrogen (secondary N) is 1. The molecule has 0 radical (unpaired) electrons. The van der Waals surface area contributed by atoms with E-state index in [9.17, 15) is 37.5 Å². The van der Waals surface area contributed by atoms with Crippen molar-refractivity contribution in [1.29, 1.82) is 0 Å². The Labute approximate surface area is 518 Å². The molecule has 0 bridgehead atoms. The zero-order valence-electron chi connectivity index (χ0n) is 52.2. The number of amides is 6. The van der Waals surface area contributed by atoms with Crippen molar-refractivity contribution in [1.82, 2.24) is 29.4 Å². The van der Waals surface area contributed by atoms with Gasteiger partial charge in [-0.15, -0.1) is 6.42 Å². The van der Waals surface area contributed by atoms with Gasteiger partial charge in [-0.2, -0.15) is 0 Å². The Hall–Kier alpha value is -6.82. The second-order valence-corrected chi connectivity index (χ2v) is 25.8. The fourth-order valence-corrected chi connectivity index (χ4v) is 15.7. The van der Waals surface area contributed by atoms with Gasteiger partial charge in [0.25, 0.3) is 0 Å². The number of carbonyl (C=O) groups is 6. The largest absolute Gasteiger partial charge is 0.450 e. The van der Waals surface area contributed by atoms with Crippen LogP contribution in [0.2, 0.25) is 0 Å². The van der Waals surface area contributed by atoms with E-state index in [0.717, 1.165) is 184 Å². The highest BCUT2D eigenvalue weighted by Crippen LogP contribution is 2.50. The van der Waals surface area contributed by atoms with Crippen LogP contribution in [0.1, 0.15) is 128 Å². The minimum Gasteiger partial charge on any atom is -0.450 e. The van der Waals surface area contributed by atoms with Crippen LogP contribution in [0.25, 0.3) is 0 Å². The summed E-state index contributed by atoms with van der Waals surface area (Å²) in [7, 11) is 0. The van der Waals surface area contributed by atoms with Crippen LogP contribution < -0.4 is 15.1 Å². The average Bonchev–Trinajstić information content (AvgIpc) is 1.89. The Kier molecular flexibility index (Phi) is 20.7. The predicted octanol–water partition coefficient (Wildman–Crippen LogP) is 9.39. The van der Waals surface area contributed by atoms with Crippen LogP contribution in [0, 0.1) is 35.8 Å². The normalized spacial score (nSPS) is 21.7. The Morgan fingerprint density at radius 2 is 1.03 bits per heavy atom. The number of terminal acetylenes is 1. The predicted molar refractivity (Wildman–Crippen MR) is 333 cm³/mol. The van der Waals surface area contributed by atoms with E-state index < -0.39 is 0 Å². The van der Waals surface area contributed by atoms with Crippen molar-refractivity contribution in [3.05, 3.63) is 89.0 Å². The minimum absolute atomic E-state index is 0.0136. The standard InChI is InChI=1S/C24H30FN3O3.C23H32FN3O3.C21H29N3O3/c1-3-14-31-23(30)27-10-6-19(7-11-27)16-26-12-8-24(9-13-26)17-28(18(2)29)22-5-4-20(25)15-21(22)24;1-3-21(28)27-16-23(19-15-17(24)5-6-20(19)27)9-13-25(14-10-23)18-7-11-26(12-8-18)22(29)30-4-2;1-2-27-20(26)24-11-7-16(8-12-24)15-23-13-9-21(10-14-23)17-5-3-4-6-18(17)22-19(21)25/h1,4-5,15,19H,6-14,16-17H2,2H3;5-6,15,18H,3-4,7-14,16H2,1-2H3;3-6,16H,2,7-15H2,1H3,(H,22,25). The third-order valence-corrected chi connectivity index (χ3v) is 20.8. The van der Waals surface area contributed by atoms with Crippen LogP contribution in [0.5, 0.6) is 0 Å². The number of fused-ring (bicyclic) bond motifs is 6. The monoisotopic (exact) mass is 1220 g/mol. The first kappa shape index (κ1) is 64.2. The number of nitrogens with zero attached hydrogens (tertiary/aromatic N) is 8. The quantitative estimate of drug-likeness (QED) is 0.160. The summed E-state index contributed by atoms with van der Waals surface area (Å²) < 4.78 is 43.3. The van der Waals surface area contributed by atoms with Gasteiger partial charge < -0.3 is 58.7 Å². The van der Waals surface area contributed by atoms with E-state index in [1.165, 1.54) is 17.7 Å². The number of hydrogen-bond acceptors (Lipinski definition) is 12. The van der Waals surface area contributed by atoms with Gasteiger partial charge in [0, 0.05) is 113 Å². The molecule has 9 aliphatic heterocycles. The molecule has 9 aliphatic rings. The van der Waals surface area contributed by atoms with Gasteiger partial charge in [0.1, 0.15) is 11.6 Å². The van der Waals surface area contributed by atoms with Crippen LogP contribution in [0.4, 0.5) is 40.2 Å². The topological polar surface area (TPSA) is 168 Å². The van der Waals surface area contributed by atoms with E-state index in [1.807, 2.05) is 48.8 Å². The van der Waals surface area contributed by atoms with Gasteiger partial charge in [-0.1, -0.05) is 31.0 Å². The third-order valence-electron chi connectivity index (χ3n) is 20.8. The number of ether oxygens (including phenoxy) is 3. The van der Waals surface area contributed by atoms with Crippen LogP contribution in [0.15, 0.2) is 60.7 Å². The first-order chi connectivity index (χ1) is 42.5. The Morgan fingerprint density at radius 3 is 1.52 bits per heavy atom. The second-order valence-electron chi connectivity index (χ2n) is 25.8. The number of hydrogen-bond donors (Lipinski definition) is 1. The number of rotatable bonds is 9. The average molecular weight is 1220 g/mol. The lowest BCUT2D eigenvalue weighted by atomic mass is 9.73. The molecular formula is C68H91F2N9O9. The van der Waals surface area contributed by atoms with E-state index in [2.05, 4.69) is 32.0 Å². The van der Waals surface area contributed by atoms with Gasteiger partial charge in [0.05, 0.1) is 18.6 Å². The number of para-hydroxylation sites is 1. The highest BCUT2D eigenvalue weighted by atomic mass is 19.1. The molecule has 6 fully saturated rings. The number of likely N-dealkylation sites (tertiary alicyclic amines) is 6. The van der Waals surface area contributed by atoms with Crippen molar-refractivity contribution in [3.8, 4) is 12.3 Å². The van der Waals surface area contributed by atoms with Crippen LogP contribution in [-0.2, 0) is 44.8 Å². The van der Waals surface area contributed by atoms with Gasteiger partial charge in [-0.25, -0.2) is 23.2 Å². The zero-order chi connectivity index (χ0) is 62.2. The lowest BCUT2D eigenvalue weighted by Gasteiger charge is -2.45. The molecule has 0 atom stereocenters. The SMILES string of the molecule is C#CCOC(=O)N1CCC(CN2CCC3(CC2)CN(C(C)=O)c2ccc(F)cc23)CC1.CCOC(=O)N1CCC(CN2CCC3(CC2)C(=O)Nc2ccccc23)CC1.CCOC(=O)N1CCC(N2CCC3(CC2)CN(C(=O)CC)c2ccc(F)cc23)CC1. The first-order valence-corrected chi connectivity index (χ1v) is 32.5. The molecule has 12 rings (SSSR count). The van der Waals surface area contributed by atoms with E-state index in [1.54, 1.807) is 45.9 Å². The van der Waals surface area contributed by atoms with Gasteiger partial charge >= 0.3 is 18.3 Å². The molecule has 88 heavy (non-hydrogen) atoms. The fourth-order valence-electron chi connectivity index (χ4n) is 15.7. The number of halogens is 2. The molecule has 20 heteroatoms. The maximum atomic E-state index is 14.1. The van der Waals surface area contributed by atoms with Crippen molar-refractivity contribution in [3.63, 3.8) is 0 Å². The van der Waals surface area contributed by atoms with E-state index in [0.29, 0.717) is 63.7 Å². The lowest BCUT2D eigenvalue weighted by Crippen LogP contribution is -2.52. The van der Waals surface area contributed by atoms with Gasteiger partial charge in [0.2, 0.25) is 17.7 Å². The van der Waals surface area contributed by atoms with Gasteiger partial charge in [0.15, 0.2) is 6.61 Å². The number of benzene rings is 3. The van der Waals surface area contributed by atoms with E-state index >= 15 is 0 Å². The van der Waals surface area contributed by atoms with Crippen LogP contribution >= 0.6 is 0 Å². The first-order valence-electron chi connectivity index (χ1n) is 32.5. The van der Waals surface area contributed by atoms with Crippen molar-refractivity contribution in [2.24, 2.45) is 11.8 Å². The molecule has 0 aromatic heterocycles. The van der Waals surface area contributed by atoms with E-state index in [4.69, 9.17) is 20.6 Å². The molecular weight excluding hydrogens is 1120 g/mol. The minimum atomic E-state index is -0.333. The summed E-state index contributed by atoms with van der Waals surface area (Å²) in [4.78, 5) is 89.6. The van der Waals surface area contributed by atoms with Crippen molar-refractivity contribution < 1.29 is 51.8 Å². The molecule has 18 nitrogen and oxygen atoms in total. The lowest BCUT2D eigenvalue weighted by molar-refractivity contribution is -0.122. The Balaban J connectivity index is 0.000000146. The number of piperidine rings is 6. The summed E-state index contributed by atoms with van der Waals surface area (Å²) in [5.74, 6) is 3.31. The molecule has 0 unspecified atom stereocenters. The van der Waals surface area contributed by atoms with Gasteiger partial charge in [-0.05, 0) is 201 Å². The van der Waals surface area contributed by atoms with Crippen LogP contribution in [0.3, 0.4) is 0 Å². The molecule has 6 saturated heterocycles. The third kappa shape index (κ3) is 14.0. The highest BCUT2D eigenvalue weighted by molar-refractivity contribution is 6.06. The van der Waals surface area contributed by atoms with Crippen molar-refractivity contribution in [2.75, 3.05) is 140 Å². The molecule has 9 heterocycles. The van der Waals surface area contributed by atoms with Crippen LogP contribution in [-0.4, -0.2) is 196 Å². The molecule has 6 amide bonds. The van der Waals surface area contributed by atoms with Gasteiger partial charge in [-0.3, -0.25) is 14.4 Å². The fraction of sp³-hybridized carbons (Fsp3) is 0.618. The van der Waals surface area contributed by atoms with E-state index in [-0.39, 0.29) is 70.5 Å². The van der Waals surface area contributed by atoms with Crippen molar-refractivity contribution >= 4 is 53.1 Å². The summed E-state index contributed by atoms with van der Waals surface area (Å²) in [5.41, 5.74) is 5.28. The summed E-state index contributed by atoms with van der Waals surface area (Å²) in [6, 6.07) is 18.3. The Bertz CT molecular complexity index is 3020. The summed E-state index contributed by atoms with van der Waals surface area (Å²) in [6.45, 7) is 21.5. The molecule has 476 valence electrons. The number of anilines is 3. The smallest absolute Gasteiger partial charge is 0.410 e. The molecule has 3 aromatic rings. The zero-order valence-corrected chi connectivity index (χ0v) is 52.2. The molecule has 0 aliphatic carbocycles. The molecule has 3 spiro atoms. The number of carbonyl (C=O) groups excluding carboxylic acids is 6. The molecule has 1 N–H and O–H groups in total. The second kappa shape index (κ2) is 28.3. The highest BCUT2D eigenvalue weighted by Gasteiger charge is 2.50. The maximum absolute atomic E-state index is 14.1. The summed E-state index contributed by atoms with van der Waals surface area (Å²) >= 11 is 0. The molecule has 0 saturated carbocycles. The molecule has 3 aromatic carbocycles. The summed E-state index contributed by atoms with van der Waals surface area (Å²) in [6.07, 6.45) is 16.2. The maximum Gasteiger partial charge on any atom is 0.410 e.